The van der Waals surface area contributed by atoms with Gasteiger partial charge in [0.25, 0.3) is 0 Å². The highest BCUT2D eigenvalue weighted by molar-refractivity contribution is 8.00. The number of thioether (sulfide) groups is 1. The van der Waals surface area contributed by atoms with Crippen LogP contribution in [0, 0.1) is 0 Å². The van der Waals surface area contributed by atoms with Crippen LogP contribution in [0.4, 0.5) is 0 Å². The van der Waals surface area contributed by atoms with Crippen molar-refractivity contribution in [2.45, 2.75) is 50.2 Å². The lowest BCUT2D eigenvalue weighted by Gasteiger charge is -2.27. The summed E-state index contributed by atoms with van der Waals surface area (Å²) in [6, 6.07) is 0. The fourth-order valence-corrected chi connectivity index (χ4v) is 3.75. The SMILES string of the molecule is O=C1CCN(C(=O)CSC2CCCCC2)CC1. The van der Waals surface area contributed by atoms with Crippen molar-refractivity contribution < 1.29 is 9.59 Å². The van der Waals surface area contributed by atoms with E-state index in [0.29, 0.717) is 42.7 Å². The van der Waals surface area contributed by atoms with Crippen LogP contribution in [0.2, 0.25) is 0 Å². The van der Waals surface area contributed by atoms with Gasteiger partial charge in [-0.1, -0.05) is 19.3 Å². The van der Waals surface area contributed by atoms with E-state index in [2.05, 4.69) is 0 Å². The highest BCUT2D eigenvalue weighted by atomic mass is 32.2. The summed E-state index contributed by atoms with van der Waals surface area (Å²) in [7, 11) is 0. The minimum atomic E-state index is 0.230. The van der Waals surface area contributed by atoms with Crippen LogP contribution in [0.5, 0.6) is 0 Å². The maximum absolute atomic E-state index is 11.9. The Hall–Kier alpha value is -0.510. The topological polar surface area (TPSA) is 37.4 Å². The zero-order valence-electron chi connectivity index (χ0n) is 10.3. The van der Waals surface area contributed by atoms with E-state index in [-0.39, 0.29) is 5.91 Å². The summed E-state index contributed by atoms with van der Waals surface area (Å²) in [5.41, 5.74) is 0. The van der Waals surface area contributed by atoms with Crippen molar-refractivity contribution in [3.63, 3.8) is 0 Å². The Morgan fingerprint density at radius 2 is 1.82 bits per heavy atom. The van der Waals surface area contributed by atoms with Crippen LogP contribution in [0.3, 0.4) is 0 Å². The maximum atomic E-state index is 11.9. The van der Waals surface area contributed by atoms with Gasteiger partial charge in [-0.2, -0.15) is 0 Å². The highest BCUT2D eigenvalue weighted by Gasteiger charge is 2.22. The monoisotopic (exact) mass is 255 g/mol. The van der Waals surface area contributed by atoms with Crippen molar-refractivity contribution >= 4 is 23.5 Å². The molecule has 0 aromatic carbocycles. The third kappa shape index (κ3) is 4.02. The molecule has 3 nitrogen and oxygen atoms in total. The largest absolute Gasteiger partial charge is 0.341 e. The standard InChI is InChI=1S/C13H21NO2S/c15-11-6-8-14(9-7-11)13(16)10-17-12-4-2-1-3-5-12/h12H,1-10H2. The number of piperidine rings is 1. The van der Waals surface area contributed by atoms with Crippen molar-refractivity contribution in [3.05, 3.63) is 0 Å². The number of amides is 1. The minimum Gasteiger partial charge on any atom is -0.341 e. The fraction of sp³-hybridized carbons (Fsp3) is 0.846. The molecule has 0 N–H and O–H groups in total. The van der Waals surface area contributed by atoms with Crippen LogP contribution < -0.4 is 0 Å². The van der Waals surface area contributed by atoms with E-state index < -0.39 is 0 Å². The molecule has 0 aromatic rings. The van der Waals surface area contributed by atoms with Crippen molar-refractivity contribution in [2.24, 2.45) is 0 Å². The summed E-state index contributed by atoms with van der Waals surface area (Å²) >= 11 is 1.82. The molecule has 0 bridgehead atoms. The van der Waals surface area contributed by atoms with Gasteiger partial charge in [-0.25, -0.2) is 0 Å². The average molecular weight is 255 g/mol. The van der Waals surface area contributed by atoms with Gasteiger partial charge in [-0.15, -0.1) is 11.8 Å². The molecule has 2 fully saturated rings. The summed E-state index contributed by atoms with van der Waals surface area (Å²) in [6.45, 7) is 1.28. The highest BCUT2D eigenvalue weighted by Crippen LogP contribution is 2.28. The van der Waals surface area contributed by atoms with Gasteiger partial charge < -0.3 is 4.90 Å². The lowest BCUT2D eigenvalue weighted by Crippen LogP contribution is -2.39. The van der Waals surface area contributed by atoms with Gasteiger partial charge in [0.15, 0.2) is 0 Å². The molecular weight excluding hydrogens is 234 g/mol. The van der Waals surface area contributed by atoms with E-state index in [1.807, 2.05) is 16.7 Å². The average Bonchev–Trinajstić information content (AvgIpc) is 2.38. The third-order valence-corrected chi connectivity index (χ3v) is 5.02. The van der Waals surface area contributed by atoms with E-state index in [0.717, 1.165) is 0 Å². The van der Waals surface area contributed by atoms with Crippen molar-refractivity contribution in [1.29, 1.82) is 0 Å². The Morgan fingerprint density at radius 3 is 2.47 bits per heavy atom. The molecule has 17 heavy (non-hydrogen) atoms. The van der Waals surface area contributed by atoms with Gasteiger partial charge in [0.1, 0.15) is 5.78 Å². The van der Waals surface area contributed by atoms with E-state index >= 15 is 0 Å². The molecule has 1 saturated heterocycles. The molecule has 96 valence electrons. The van der Waals surface area contributed by atoms with Gasteiger partial charge in [0, 0.05) is 31.2 Å². The first kappa shape index (κ1) is 12.9. The van der Waals surface area contributed by atoms with E-state index in [1.165, 1.54) is 32.1 Å². The summed E-state index contributed by atoms with van der Waals surface area (Å²) in [5, 5.41) is 0.694. The predicted molar refractivity (Wildman–Crippen MR) is 70.2 cm³/mol. The smallest absolute Gasteiger partial charge is 0.232 e. The van der Waals surface area contributed by atoms with Gasteiger partial charge in [-0.05, 0) is 12.8 Å². The van der Waals surface area contributed by atoms with Crippen molar-refractivity contribution in [3.8, 4) is 0 Å². The lowest BCUT2D eigenvalue weighted by molar-refractivity contribution is -0.132. The second-order valence-electron chi connectivity index (χ2n) is 4.99. The molecule has 2 aliphatic rings. The number of rotatable bonds is 3. The quantitative estimate of drug-likeness (QED) is 0.776. The first-order valence-electron chi connectivity index (χ1n) is 6.67. The van der Waals surface area contributed by atoms with Gasteiger partial charge in [0.2, 0.25) is 5.91 Å². The number of hydrogen-bond donors (Lipinski definition) is 0. The molecule has 1 aliphatic heterocycles. The molecule has 2 rings (SSSR count). The number of likely N-dealkylation sites (tertiary alicyclic amines) is 1. The van der Waals surface area contributed by atoms with Crippen molar-refractivity contribution in [1.82, 2.24) is 4.90 Å². The molecule has 4 heteroatoms. The molecule has 1 saturated carbocycles. The molecule has 1 amide bonds. The molecule has 0 unspecified atom stereocenters. The molecule has 1 heterocycles. The molecular formula is C13H21NO2S. The molecule has 0 spiro atoms. The third-order valence-electron chi connectivity index (χ3n) is 3.67. The van der Waals surface area contributed by atoms with Crippen LogP contribution in [0.1, 0.15) is 44.9 Å². The summed E-state index contributed by atoms with van der Waals surface area (Å²) in [5.74, 6) is 1.14. The Balaban J connectivity index is 1.67. The number of Topliss-reactive ketones (excluding diaryl/α,β-unsaturated/α-hetero) is 1. The number of ketones is 1. The van der Waals surface area contributed by atoms with Crippen LogP contribution in [-0.4, -0.2) is 40.7 Å². The van der Waals surface area contributed by atoms with Crippen LogP contribution in [0.25, 0.3) is 0 Å². The number of hydrogen-bond acceptors (Lipinski definition) is 3. The molecule has 1 aliphatic carbocycles. The fourth-order valence-electron chi connectivity index (χ4n) is 2.52. The lowest BCUT2D eigenvalue weighted by atomic mass is 10.0. The number of carbonyl (C=O) groups is 2. The second-order valence-corrected chi connectivity index (χ2v) is 6.28. The Kier molecular flexibility index (Phi) is 4.89. The number of nitrogens with zero attached hydrogens (tertiary/aromatic N) is 1. The Bertz CT molecular complexity index is 277. The minimum absolute atomic E-state index is 0.230. The maximum Gasteiger partial charge on any atom is 0.232 e. The van der Waals surface area contributed by atoms with Gasteiger partial charge in [0.05, 0.1) is 5.75 Å². The summed E-state index contributed by atoms with van der Waals surface area (Å²) in [6.07, 6.45) is 7.67. The predicted octanol–water partition coefficient (Wildman–Crippen LogP) is 2.24. The van der Waals surface area contributed by atoms with Crippen LogP contribution in [0.15, 0.2) is 0 Å². The Morgan fingerprint density at radius 1 is 1.18 bits per heavy atom. The van der Waals surface area contributed by atoms with E-state index in [4.69, 9.17) is 0 Å². The molecule has 0 radical (unpaired) electrons. The Labute approximate surface area is 107 Å². The first-order valence-corrected chi connectivity index (χ1v) is 7.71. The van der Waals surface area contributed by atoms with Crippen LogP contribution in [-0.2, 0) is 9.59 Å². The number of carbonyl (C=O) groups excluding carboxylic acids is 2. The first-order chi connectivity index (χ1) is 8.25. The molecule has 0 atom stereocenters. The van der Waals surface area contributed by atoms with E-state index in [1.54, 1.807) is 0 Å². The van der Waals surface area contributed by atoms with Gasteiger partial charge >= 0.3 is 0 Å². The summed E-state index contributed by atoms with van der Waals surface area (Å²) in [4.78, 5) is 24.9. The van der Waals surface area contributed by atoms with E-state index in [9.17, 15) is 9.59 Å². The van der Waals surface area contributed by atoms with Crippen molar-refractivity contribution in [2.75, 3.05) is 18.8 Å². The second kappa shape index (κ2) is 6.43. The zero-order chi connectivity index (χ0) is 12.1. The zero-order valence-corrected chi connectivity index (χ0v) is 11.1. The normalized spacial score (nSPS) is 22.8. The van der Waals surface area contributed by atoms with Crippen LogP contribution >= 0.6 is 11.8 Å². The molecule has 0 aromatic heterocycles. The summed E-state index contributed by atoms with van der Waals surface area (Å²) < 4.78 is 0. The van der Waals surface area contributed by atoms with Gasteiger partial charge in [-0.3, -0.25) is 9.59 Å².